The lowest BCUT2D eigenvalue weighted by atomic mass is 10.1. The van der Waals surface area contributed by atoms with Crippen LogP contribution < -0.4 is 5.32 Å². The Bertz CT molecular complexity index is 814. The van der Waals surface area contributed by atoms with Crippen molar-refractivity contribution < 1.29 is 4.79 Å². The highest BCUT2D eigenvalue weighted by Gasteiger charge is 2.13. The molecule has 0 aliphatic rings. The predicted molar refractivity (Wildman–Crippen MR) is 78.9 cm³/mol. The van der Waals surface area contributed by atoms with Crippen LogP contribution in [-0.4, -0.2) is 25.7 Å². The third-order valence-electron chi connectivity index (χ3n) is 3.05. The van der Waals surface area contributed by atoms with Crippen molar-refractivity contribution in [2.24, 2.45) is 7.05 Å². The summed E-state index contributed by atoms with van der Waals surface area (Å²) in [7, 11) is 1.77. The third kappa shape index (κ3) is 2.71. The van der Waals surface area contributed by atoms with Crippen LogP contribution in [0, 0.1) is 0 Å². The highest BCUT2D eigenvalue weighted by molar-refractivity contribution is 6.34. The lowest BCUT2D eigenvalue weighted by Crippen LogP contribution is -2.24. The molecule has 0 atom stereocenters. The molecule has 1 N–H and O–H groups in total. The molecule has 3 aromatic rings. The molecule has 3 rings (SSSR count). The Morgan fingerprint density at radius 3 is 2.76 bits per heavy atom. The van der Waals surface area contributed by atoms with E-state index in [4.69, 9.17) is 11.6 Å². The van der Waals surface area contributed by atoms with E-state index in [0.717, 1.165) is 10.8 Å². The number of carbonyl (C=O) groups excluding carboxylic acids is 1. The largest absolute Gasteiger partial charge is 0.345 e. The van der Waals surface area contributed by atoms with Crippen molar-refractivity contribution in [3.05, 3.63) is 53.3 Å². The Morgan fingerprint density at radius 1 is 1.29 bits per heavy atom. The van der Waals surface area contributed by atoms with Gasteiger partial charge in [0.15, 0.2) is 5.82 Å². The van der Waals surface area contributed by atoms with Crippen molar-refractivity contribution >= 4 is 28.3 Å². The fourth-order valence-corrected chi connectivity index (χ4v) is 2.27. The molecule has 0 spiro atoms. The minimum Gasteiger partial charge on any atom is -0.345 e. The molecular formula is C14H12ClN5O. The van der Waals surface area contributed by atoms with Gasteiger partial charge in [-0.25, -0.2) is 9.97 Å². The number of benzene rings is 1. The highest BCUT2D eigenvalue weighted by atomic mass is 35.5. The van der Waals surface area contributed by atoms with Crippen molar-refractivity contribution in [1.82, 2.24) is 25.1 Å². The number of aromatic nitrogens is 4. The fourth-order valence-electron chi connectivity index (χ4n) is 2.06. The molecule has 0 bridgehead atoms. The van der Waals surface area contributed by atoms with Gasteiger partial charge in [0, 0.05) is 18.6 Å². The van der Waals surface area contributed by atoms with Crippen LogP contribution in [0.1, 0.15) is 16.2 Å². The second-order valence-corrected chi connectivity index (χ2v) is 4.88. The Kier molecular flexibility index (Phi) is 3.53. The van der Waals surface area contributed by atoms with Gasteiger partial charge in [-0.15, -0.1) is 0 Å². The topological polar surface area (TPSA) is 72.7 Å². The summed E-state index contributed by atoms with van der Waals surface area (Å²) in [5.41, 5.74) is 0.478. The lowest BCUT2D eigenvalue weighted by molar-refractivity contribution is 0.0951. The first-order valence-electron chi connectivity index (χ1n) is 6.31. The second kappa shape index (κ2) is 5.49. The molecular weight excluding hydrogens is 290 g/mol. The van der Waals surface area contributed by atoms with Gasteiger partial charge in [-0.3, -0.25) is 9.48 Å². The first kappa shape index (κ1) is 13.5. The first-order chi connectivity index (χ1) is 10.1. The van der Waals surface area contributed by atoms with Crippen molar-refractivity contribution in [2.45, 2.75) is 6.54 Å². The number of carbonyl (C=O) groups is 1. The van der Waals surface area contributed by atoms with Crippen LogP contribution in [0.4, 0.5) is 0 Å². The molecule has 2 heterocycles. The number of fused-ring (bicyclic) bond motifs is 1. The molecule has 7 heteroatoms. The van der Waals surface area contributed by atoms with Crippen LogP contribution in [0.2, 0.25) is 5.15 Å². The average molecular weight is 302 g/mol. The molecule has 2 aromatic heterocycles. The number of halogens is 1. The van der Waals surface area contributed by atoms with E-state index in [9.17, 15) is 4.79 Å². The smallest absolute Gasteiger partial charge is 0.253 e. The summed E-state index contributed by atoms with van der Waals surface area (Å²) in [6.45, 7) is 0.261. The van der Waals surface area contributed by atoms with E-state index >= 15 is 0 Å². The van der Waals surface area contributed by atoms with Gasteiger partial charge in [0.05, 0.1) is 12.1 Å². The standard InChI is InChI=1S/C14H12ClN5O/c1-20-8-18-12(19-20)7-17-14(21)11-6-16-13(15)10-5-3-2-4-9(10)11/h2-6,8H,7H2,1H3,(H,17,21). The molecule has 21 heavy (non-hydrogen) atoms. The van der Waals surface area contributed by atoms with E-state index in [2.05, 4.69) is 20.4 Å². The number of aryl methyl sites for hydroxylation is 1. The van der Waals surface area contributed by atoms with Crippen molar-refractivity contribution in [3.63, 3.8) is 0 Å². The monoisotopic (exact) mass is 301 g/mol. The number of nitrogens with one attached hydrogen (secondary N) is 1. The molecule has 0 aliphatic heterocycles. The van der Waals surface area contributed by atoms with E-state index in [1.165, 1.54) is 6.20 Å². The quantitative estimate of drug-likeness (QED) is 0.750. The maximum atomic E-state index is 12.3. The van der Waals surface area contributed by atoms with Gasteiger partial charge in [-0.2, -0.15) is 5.10 Å². The van der Waals surface area contributed by atoms with Gasteiger partial charge in [0.25, 0.3) is 5.91 Å². The minimum absolute atomic E-state index is 0.234. The fraction of sp³-hybridized carbons (Fsp3) is 0.143. The number of hydrogen-bond acceptors (Lipinski definition) is 4. The van der Waals surface area contributed by atoms with Crippen LogP contribution in [0.3, 0.4) is 0 Å². The van der Waals surface area contributed by atoms with Gasteiger partial charge in [0.1, 0.15) is 11.5 Å². The van der Waals surface area contributed by atoms with Crippen molar-refractivity contribution in [3.8, 4) is 0 Å². The van der Waals surface area contributed by atoms with Gasteiger partial charge < -0.3 is 5.32 Å². The highest BCUT2D eigenvalue weighted by Crippen LogP contribution is 2.24. The lowest BCUT2D eigenvalue weighted by Gasteiger charge is -2.07. The molecule has 0 saturated heterocycles. The summed E-state index contributed by atoms with van der Waals surface area (Å²) in [6.07, 6.45) is 3.06. The molecule has 0 unspecified atom stereocenters. The van der Waals surface area contributed by atoms with Gasteiger partial charge in [-0.1, -0.05) is 35.9 Å². The number of amides is 1. The Hall–Kier alpha value is -2.47. The summed E-state index contributed by atoms with van der Waals surface area (Å²) in [5.74, 6) is 0.319. The van der Waals surface area contributed by atoms with Crippen LogP contribution in [0.5, 0.6) is 0 Å². The van der Waals surface area contributed by atoms with Crippen molar-refractivity contribution in [2.75, 3.05) is 0 Å². The summed E-state index contributed by atoms with van der Waals surface area (Å²) in [5, 5.41) is 8.79. The molecule has 0 saturated carbocycles. The minimum atomic E-state index is -0.234. The molecule has 1 aromatic carbocycles. The normalized spacial score (nSPS) is 10.8. The maximum absolute atomic E-state index is 12.3. The van der Waals surface area contributed by atoms with Gasteiger partial charge >= 0.3 is 0 Å². The zero-order valence-electron chi connectivity index (χ0n) is 11.2. The van der Waals surface area contributed by atoms with Gasteiger partial charge in [-0.05, 0) is 5.39 Å². The second-order valence-electron chi connectivity index (χ2n) is 4.53. The molecule has 0 fully saturated rings. The number of hydrogen-bond donors (Lipinski definition) is 1. The number of pyridine rings is 1. The molecule has 6 nitrogen and oxygen atoms in total. The van der Waals surface area contributed by atoms with Gasteiger partial charge in [0.2, 0.25) is 0 Å². The molecule has 1 amide bonds. The average Bonchev–Trinajstić information content (AvgIpc) is 2.91. The van der Waals surface area contributed by atoms with Crippen LogP contribution >= 0.6 is 11.6 Å². The summed E-state index contributed by atoms with van der Waals surface area (Å²) in [6, 6.07) is 7.39. The summed E-state index contributed by atoms with van der Waals surface area (Å²) >= 11 is 6.04. The molecule has 106 valence electrons. The number of rotatable bonds is 3. The van der Waals surface area contributed by atoms with E-state index in [0.29, 0.717) is 16.5 Å². The zero-order chi connectivity index (χ0) is 14.8. The Morgan fingerprint density at radius 2 is 2.05 bits per heavy atom. The summed E-state index contributed by atoms with van der Waals surface area (Å²) < 4.78 is 1.58. The predicted octanol–water partition coefficient (Wildman–Crippen LogP) is 1.95. The first-order valence-corrected chi connectivity index (χ1v) is 6.69. The Labute approximate surface area is 125 Å². The SMILES string of the molecule is Cn1cnc(CNC(=O)c2cnc(Cl)c3ccccc23)n1. The zero-order valence-corrected chi connectivity index (χ0v) is 12.0. The van der Waals surface area contributed by atoms with Crippen LogP contribution in [0.15, 0.2) is 36.8 Å². The van der Waals surface area contributed by atoms with E-state index in [1.807, 2.05) is 24.3 Å². The number of nitrogens with zero attached hydrogens (tertiary/aromatic N) is 4. The van der Waals surface area contributed by atoms with E-state index in [1.54, 1.807) is 18.1 Å². The van der Waals surface area contributed by atoms with E-state index < -0.39 is 0 Å². The molecule has 0 radical (unpaired) electrons. The van der Waals surface area contributed by atoms with Crippen LogP contribution in [0.25, 0.3) is 10.8 Å². The van der Waals surface area contributed by atoms with Crippen molar-refractivity contribution in [1.29, 1.82) is 0 Å². The summed E-state index contributed by atoms with van der Waals surface area (Å²) in [4.78, 5) is 20.4. The Balaban J connectivity index is 1.86. The van der Waals surface area contributed by atoms with Crippen LogP contribution in [-0.2, 0) is 13.6 Å². The third-order valence-corrected chi connectivity index (χ3v) is 3.35. The molecule has 0 aliphatic carbocycles. The maximum Gasteiger partial charge on any atom is 0.253 e. The van der Waals surface area contributed by atoms with E-state index in [-0.39, 0.29) is 12.5 Å².